The molecule has 2 atom stereocenters. The summed E-state index contributed by atoms with van der Waals surface area (Å²) in [4.78, 5) is 14.2. The zero-order valence-electron chi connectivity index (χ0n) is 32.5. The van der Waals surface area contributed by atoms with Crippen LogP contribution in [0.25, 0.3) is 61.4 Å². The molecular weight excluding hydrogens is 857 g/mol. The van der Waals surface area contributed by atoms with Gasteiger partial charge in [-0.1, -0.05) is 101 Å². The van der Waals surface area contributed by atoms with Crippen LogP contribution in [-0.2, 0) is 20.1 Å². The molecule has 4 aromatic heterocycles. The van der Waals surface area contributed by atoms with E-state index in [0.29, 0.717) is 17.5 Å². The molecule has 1 radical (unpaired) electrons. The molecule has 8 rings (SSSR count). The molecule has 0 amide bonds. The fourth-order valence-electron chi connectivity index (χ4n) is 6.93. The van der Waals surface area contributed by atoms with Crippen LogP contribution in [0.5, 0.6) is 0 Å². The van der Waals surface area contributed by atoms with E-state index in [4.69, 9.17) is 9.40 Å². The van der Waals surface area contributed by atoms with Gasteiger partial charge in [0, 0.05) is 43.1 Å². The molecule has 0 N–H and O–H groups in total. The minimum absolute atomic E-state index is 0. The summed E-state index contributed by atoms with van der Waals surface area (Å²) >= 11 is 0. The third-order valence-corrected chi connectivity index (χ3v) is 12.5. The Hall–Kier alpha value is -4.68. The average Bonchev–Trinajstić information content (AvgIpc) is 3.75. The van der Waals surface area contributed by atoms with Crippen LogP contribution < -0.4 is 5.19 Å². The molecular formula is C47H48IrN4OSi-2. The van der Waals surface area contributed by atoms with Gasteiger partial charge in [-0.15, -0.1) is 54.1 Å². The number of imidazole rings is 1. The van der Waals surface area contributed by atoms with Crippen molar-refractivity contribution in [3.8, 4) is 28.3 Å². The van der Waals surface area contributed by atoms with Gasteiger partial charge < -0.3 is 14.0 Å². The Morgan fingerprint density at radius 3 is 2.11 bits per heavy atom. The van der Waals surface area contributed by atoms with Gasteiger partial charge in [-0.05, 0) is 77.9 Å². The minimum atomic E-state index is -1.35. The van der Waals surface area contributed by atoms with Crippen molar-refractivity contribution >= 4 is 46.4 Å². The summed E-state index contributed by atoms with van der Waals surface area (Å²) in [6.45, 7) is 18.1. The molecule has 8 aromatic rings. The minimum Gasteiger partial charge on any atom is -0.486 e. The zero-order chi connectivity index (χ0) is 37.3. The number of para-hydroxylation sites is 3. The van der Waals surface area contributed by atoms with E-state index in [1.165, 1.54) is 22.0 Å². The third-order valence-electron chi connectivity index (χ3n) is 10.4. The van der Waals surface area contributed by atoms with Gasteiger partial charge in [-0.2, -0.15) is 0 Å². The Labute approximate surface area is 334 Å². The summed E-state index contributed by atoms with van der Waals surface area (Å²) in [6.07, 6.45) is 4.21. The van der Waals surface area contributed by atoms with Crippen molar-refractivity contribution in [2.45, 2.75) is 78.9 Å². The van der Waals surface area contributed by atoms with E-state index in [-0.39, 0.29) is 20.1 Å². The predicted molar refractivity (Wildman–Crippen MR) is 224 cm³/mol. The average molecular weight is 905 g/mol. The topological polar surface area (TPSA) is 56.7 Å². The zero-order valence-corrected chi connectivity index (χ0v) is 35.9. The molecule has 0 saturated heterocycles. The van der Waals surface area contributed by atoms with Gasteiger partial charge in [0.05, 0.1) is 30.5 Å². The Bertz CT molecular complexity index is 2490. The summed E-state index contributed by atoms with van der Waals surface area (Å²) in [7, 11) is -1.35. The van der Waals surface area contributed by atoms with Crippen LogP contribution in [0.2, 0.25) is 19.6 Å². The largest absolute Gasteiger partial charge is 0.486 e. The standard InChI is InChI=1S/C27H29N2.C20H19N2OSi.Ir/c1-5-19(3)22-15-12-16-23(20(4)6-2)26(22)29-25-18-11-10-17-24(25)28-27(29)21-13-8-7-9-14-21;1-13-8-10-16-15-6-5-7-17(19(15)23-20(16)22-13)18-11-9-14(12-21-18)24(2,3)4;/h7-13,15-20H,5-6H2,1-4H3;5-6,8-12H,1-4H3;/q2*-1;. The van der Waals surface area contributed by atoms with Gasteiger partial charge in [0.15, 0.2) is 0 Å². The van der Waals surface area contributed by atoms with Gasteiger partial charge in [0.2, 0.25) is 5.71 Å². The number of benzene rings is 4. The van der Waals surface area contributed by atoms with E-state index >= 15 is 0 Å². The predicted octanol–water partition coefficient (Wildman–Crippen LogP) is 12.2. The van der Waals surface area contributed by atoms with Crippen molar-refractivity contribution < 1.29 is 24.5 Å². The Balaban J connectivity index is 0.000000184. The first-order valence-electron chi connectivity index (χ1n) is 18.8. The number of hydrogen-bond acceptors (Lipinski definition) is 4. The van der Waals surface area contributed by atoms with Crippen molar-refractivity contribution in [3.63, 3.8) is 0 Å². The van der Waals surface area contributed by atoms with Crippen LogP contribution in [0.15, 0.2) is 114 Å². The summed E-state index contributed by atoms with van der Waals surface area (Å²) in [5.74, 6) is 1.91. The quantitative estimate of drug-likeness (QED) is 0.113. The maximum atomic E-state index is 6.04. The fourth-order valence-corrected chi connectivity index (χ4v) is 7.96. The van der Waals surface area contributed by atoms with Crippen molar-refractivity contribution in [2.75, 3.05) is 0 Å². The maximum Gasteiger partial charge on any atom is 0.216 e. The van der Waals surface area contributed by atoms with Gasteiger partial charge in [-0.25, -0.2) is 4.98 Å². The number of furan rings is 1. The Morgan fingerprint density at radius 2 is 1.46 bits per heavy atom. The number of aromatic nitrogens is 4. The molecule has 0 spiro atoms. The van der Waals surface area contributed by atoms with Crippen molar-refractivity contribution in [1.29, 1.82) is 0 Å². The summed E-state index contributed by atoms with van der Waals surface area (Å²) in [5.41, 5.74) is 11.5. The number of rotatable bonds is 8. The van der Waals surface area contributed by atoms with Crippen LogP contribution in [0.1, 0.15) is 69.2 Å². The second-order valence-corrected chi connectivity index (χ2v) is 20.2. The molecule has 4 heterocycles. The number of nitrogens with zero attached hydrogens (tertiary/aromatic N) is 4. The van der Waals surface area contributed by atoms with E-state index in [2.05, 4.69) is 147 Å². The van der Waals surface area contributed by atoms with Crippen LogP contribution in [0.3, 0.4) is 0 Å². The SMILES string of the molecule is CCC(C)c1cccc(C(C)CC)c1-n1c(-c2[c-]cccc2)nc2ccccc21.Cc1ccc2c(n1)oc1c(-c3ccc([Si](C)(C)C)cn3)[c-]ccc12.[Ir]. The van der Waals surface area contributed by atoms with Gasteiger partial charge in [-0.3, -0.25) is 4.98 Å². The summed E-state index contributed by atoms with van der Waals surface area (Å²) in [6, 6.07) is 42.4. The van der Waals surface area contributed by atoms with Crippen molar-refractivity contribution in [2.24, 2.45) is 0 Å². The molecule has 0 aliphatic heterocycles. The summed E-state index contributed by atoms with van der Waals surface area (Å²) < 4.78 is 8.42. The van der Waals surface area contributed by atoms with Crippen LogP contribution in [0, 0.1) is 19.1 Å². The first-order chi connectivity index (χ1) is 25.6. The van der Waals surface area contributed by atoms with E-state index in [0.717, 1.165) is 68.6 Å². The van der Waals surface area contributed by atoms with E-state index in [9.17, 15) is 0 Å². The molecule has 4 aromatic carbocycles. The molecule has 0 aliphatic carbocycles. The van der Waals surface area contributed by atoms with Crippen molar-refractivity contribution in [3.05, 3.63) is 138 Å². The Morgan fingerprint density at radius 1 is 0.741 bits per heavy atom. The monoisotopic (exact) mass is 905 g/mol. The molecule has 0 bridgehead atoms. The summed E-state index contributed by atoms with van der Waals surface area (Å²) in [5, 5.41) is 3.44. The third kappa shape index (κ3) is 7.63. The molecule has 0 fully saturated rings. The number of pyridine rings is 2. The molecule has 7 heteroatoms. The van der Waals surface area contributed by atoms with Crippen LogP contribution >= 0.6 is 0 Å². The van der Waals surface area contributed by atoms with Gasteiger partial charge in [0.25, 0.3) is 0 Å². The van der Waals surface area contributed by atoms with Gasteiger partial charge >= 0.3 is 0 Å². The number of fused-ring (bicyclic) bond motifs is 4. The number of hydrogen-bond donors (Lipinski definition) is 0. The molecule has 277 valence electrons. The first kappa shape index (κ1) is 39.0. The van der Waals surface area contributed by atoms with Crippen LogP contribution in [0.4, 0.5) is 0 Å². The molecule has 2 unspecified atom stereocenters. The fraction of sp³-hybridized carbons (Fsp3) is 0.255. The molecule has 54 heavy (non-hydrogen) atoms. The molecule has 0 aliphatic rings. The Kier molecular flexibility index (Phi) is 11.8. The second kappa shape index (κ2) is 16.4. The first-order valence-corrected chi connectivity index (χ1v) is 22.3. The molecule has 5 nitrogen and oxygen atoms in total. The maximum absolute atomic E-state index is 6.04. The molecule has 0 saturated carbocycles. The van der Waals surface area contributed by atoms with E-state index < -0.39 is 8.07 Å². The van der Waals surface area contributed by atoms with E-state index in [1.807, 2.05) is 43.5 Å². The van der Waals surface area contributed by atoms with Gasteiger partial charge in [0.1, 0.15) is 0 Å². The normalized spacial score (nSPS) is 12.7. The van der Waals surface area contributed by atoms with Crippen molar-refractivity contribution in [1.82, 2.24) is 19.5 Å². The van der Waals surface area contributed by atoms with E-state index in [1.54, 1.807) is 0 Å². The smallest absolute Gasteiger partial charge is 0.216 e. The second-order valence-electron chi connectivity index (χ2n) is 15.1. The number of aryl methyl sites for hydroxylation is 1. The van der Waals surface area contributed by atoms with Crippen LogP contribution in [-0.4, -0.2) is 27.6 Å².